The molecular formula is C18H17FN2O6S3. The Morgan fingerprint density at radius 3 is 2.33 bits per heavy atom. The Balaban J connectivity index is 2.24. The zero-order valence-corrected chi connectivity index (χ0v) is 18.4. The number of sulfonamides is 1. The lowest BCUT2D eigenvalue weighted by molar-refractivity contribution is -0.143. The van der Waals surface area contributed by atoms with E-state index in [1.807, 2.05) is 0 Å². The molecule has 0 N–H and O–H groups in total. The number of aromatic nitrogens is 1. The van der Waals surface area contributed by atoms with Crippen LogP contribution in [0.25, 0.3) is 10.2 Å². The minimum atomic E-state index is -4.21. The van der Waals surface area contributed by atoms with Crippen LogP contribution in [0.4, 0.5) is 4.39 Å². The van der Waals surface area contributed by atoms with Crippen molar-refractivity contribution in [1.29, 1.82) is 0 Å². The first kappa shape index (κ1) is 22.1. The molecule has 0 unspecified atom stereocenters. The molecule has 3 rings (SSSR count). The van der Waals surface area contributed by atoms with Crippen molar-refractivity contribution in [3.8, 4) is 0 Å². The lowest BCUT2D eigenvalue weighted by Gasteiger charge is -2.06. The van der Waals surface area contributed by atoms with E-state index >= 15 is 0 Å². The fourth-order valence-corrected chi connectivity index (χ4v) is 5.60. The van der Waals surface area contributed by atoms with E-state index in [1.165, 1.54) is 22.8 Å². The third-order valence-electron chi connectivity index (χ3n) is 3.98. The number of benzene rings is 2. The molecular weight excluding hydrogens is 455 g/mol. The minimum absolute atomic E-state index is 0.0481. The van der Waals surface area contributed by atoms with Gasteiger partial charge in [-0.2, -0.15) is 8.42 Å². The highest BCUT2D eigenvalue weighted by Gasteiger charge is 2.18. The van der Waals surface area contributed by atoms with Gasteiger partial charge in [-0.15, -0.1) is 4.40 Å². The average molecular weight is 473 g/mol. The minimum Gasteiger partial charge on any atom is -0.465 e. The average Bonchev–Trinajstić information content (AvgIpc) is 2.97. The molecule has 0 aliphatic heterocycles. The van der Waals surface area contributed by atoms with E-state index in [4.69, 9.17) is 4.74 Å². The van der Waals surface area contributed by atoms with Crippen LogP contribution in [-0.2, 0) is 35.9 Å². The van der Waals surface area contributed by atoms with E-state index in [-0.39, 0.29) is 27.7 Å². The molecule has 0 radical (unpaired) electrons. The van der Waals surface area contributed by atoms with E-state index in [2.05, 4.69) is 4.40 Å². The number of hydrogen-bond acceptors (Lipinski definition) is 7. The Kier molecular flexibility index (Phi) is 6.11. The second kappa shape index (κ2) is 8.28. The molecule has 0 fully saturated rings. The highest BCUT2D eigenvalue weighted by molar-refractivity contribution is 7.90. The Labute approximate surface area is 176 Å². The summed E-state index contributed by atoms with van der Waals surface area (Å²) in [5, 5.41) is 0. The van der Waals surface area contributed by atoms with E-state index in [9.17, 15) is 26.0 Å². The van der Waals surface area contributed by atoms with Crippen molar-refractivity contribution in [2.24, 2.45) is 4.40 Å². The molecule has 8 nitrogen and oxygen atoms in total. The van der Waals surface area contributed by atoms with Crippen LogP contribution in [0, 0.1) is 5.82 Å². The molecule has 0 spiro atoms. The Morgan fingerprint density at radius 1 is 1.10 bits per heavy atom. The molecule has 3 aromatic rings. The number of thiazole rings is 1. The smallest absolute Gasteiger partial charge is 0.326 e. The molecule has 1 heterocycles. The third kappa shape index (κ3) is 4.77. The predicted molar refractivity (Wildman–Crippen MR) is 109 cm³/mol. The molecule has 0 amide bonds. The SMILES string of the molecule is CCOC(=O)Cn1c(=NS(=O)(=O)c2ccc(F)cc2)sc2cc(S(C)(=O)=O)ccc21. The van der Waals surface area contributed by atoms with Crippen molar-refractivity contribution in [3.63, 3.8) is 0 Å². The molecule has 0 aliphatic rings. The van der Waals surface area contributed by atoms with Crippen LogP contribution in [0.5, 0.6) is 0 Å². The summed E-state index contributed by atoms with van der Waals surface area (Å²) in [6, 6.07) is 8.39. The summed E-state index contributed by atoms with van der Waals surface area (Å²) in [5.41, 5.74) is 0.425. The van der Waals surface area contributed by atoms with Crippen molar-refractivity contribution in [1.82, 2.24) is 4.57 Å². The van der Waals surface area contributed by atoms with Crippen LogP contribution in [0.15, 0.2) is 56.7 Å². The summed E-state index contributed by atoms with van der Waals surface area (Å²) < 4.78 is 72.7. The van der Waals surface area contributed by atoms with Crippen molar-refractivity contribution >= 4 is 47.4 Å². The first-order valence-corrected chi connectivity index (χ1v) is 12.7. The number of rotatable bonds is 6. The number of fused-ring (bicyclic) bond motifs is 1. The molecule has 30 heavy (non-hydrogen) atoms. The first-order chi connectivity index (χ1) is 14.0. The molecule has 0 atom stereocenters. The number of nitrogens with zero attached hydrogens (tertiary/aromatic N) is 2. The predicted octanol–water partition coefficient (Wildman–Crippen LogP) is 2.10. The number of carbonyl (C=O) groups excluding carboxylic acids is 1. The van der Waals surface area contributed by atoms with Gasteiger partial charge < -0.3 is 9.30 Å². The van der Waals surface area contributed by atoms with Gasteiger partial charge in [-0.1, -0.05) is 11.3 Å². The highest BCUT2D eigenvalue weighted by atomic mass is 32.2. The van der Waals surface area contributed by atoms with Crippen LogP contribution in [0.2, 0.25) is 0 Å². The highest BCUT2D eigenvalue weighted by Crippen LogP contribution is 2.23. The van der Waals surface area contributed by atoms with E-state index in [0.717, 1.165) is 41.9 Å². The quantitative estimate of drug-likeness (QED) is 0.508. The van der Waals surface area contributed by atoms with Gasteiger partial charge in [-0.05, 0) is 49.4 Å². The Hall–Kier alpha value is -2.57. The van der Waals surface area contributed by atoms with Gasteiger partial charge in [0, 0.05) is 6.26 Å². The Morgan fingerprint density at radius 2 is 1.73 bits per heavy atom. The zero-order valence-electron chi connectivity index (χ0n) is 15.9. The lowest BCUT2D eigenvalue weighted by Crippen LogP contribution is -2.23. The van der Waals surface area contributed by atoms with Gasteiger partial charge in [0.05, 0.1) is 26.6 Å². The fourth-order valence-electron chi connectivity index (χ4n) is 2.60. The van der Waals surface area contributed by atoms with Crippen LogP contribution in [0.3, 0.4) is 0 Å². The summed E-state index contributed by atoms with van der Waals surface area (Å²) in [7, 11) is -7.70. The van der Waals surface area contributed by atoms with Crippen molar-refractivity contribution < 1.29 is 30.8 Å². The number of sulfone groups is 1. The Bertz CT molecular complexity index is 1390. The van der Waals surface area contributed by atoms with E-state index in [0.29, 0.717) is 10.2 Å². The van der Waals surface area contributed by atoms with Gasteiger partial charge in [-0.25, -0.2) is 12.8 Å². The molecule has 12 heteroatoms. The first-order valence-electron chi connectivity index (χ1n) is 8.57. The molecule has 0 saturated carbocycles. The van der Waals surface area contributed by atoms with Gasteiger partial charge in [0.15, 0.2) is 9.84 Å². The molecule has 0 bridgehead atoms. The molecule has 0 aliphatic carbocycles. The van der Waals surface area contributed by atoms with Crippen molar-refractivity contribution in [3.05, 3.63) is 53.1 Å². The number of halogens is 1. The molecule has 2 aromatic carbocycles. The maximum absolute atomic E-state index is 13.1. The second-order valence-corrected chi connectivity index (χ2v) is 10.8. The van der Waals surface area contributed by atoms with Crippen LogP contribution in [0.1, 0.15) is 6.92 Å². The number of esters is 1. The standard InChI is InChI=1S/C18H17FN2O6S3/c1-3-27-17(22)11-21-15-9-8-14(29(2,23)24)10-16(15)28-18(21)20-30(25,26)13-6-4-12(19)5-7-13/h4-10H,3,11H2,1-2H3. The third-order valence-corrected chi connectivity index (χ3v) is 7.53. The number of carbonyl (C=O) groups is 1. The summed E-state index contributed by atoms with van der Waals surface area (Å²) in [6.45, 7) is 1.46. The van der Waals surface area contributed by atoms with E-state index < -0.39 is 31.6 Å². The maximum atomic E-state index is 13.1. The second-order valence-electron chi connectivity index (χ2n) is 6.20. The zero-order chi connectivity index (χ0) is 22.1. The fraction of sp³-hybridized carbons (Fsp3) is 0.222. The van der Waals surface area contributed by atoms with Gasteiger partial charge >= 0.3 is 5.97 Å². The van der Waals surface area contributed by atoms with Crippen LogP contribution < -0.4 is 4.80 Å². The normalized spacial score (nSPS) is 13.0. The monoisotopic (exact) mass is 472 g/mol. The van der Waals surface area contributed by atoms with Crippen LogP contribution >= 0.6 is 11.3 Å². The van der Waals surface area contributed by atoms with Gasteiger partial charge in [0.25, 0.3) is 10.0 Å². The van der Waals surface area contributed by atoms with Crippen molar-refractivity contribution in [2.75, 3.05) is 12.9 Å². The van der Waals surface area contributed by atoms with Gasteiger partial charge in [0.1, 0.15) is 12.4 Å². The molecule has 0 saturated heterocycles. The number of hydrogen-bond donors (Lipinski definition) is 0. The lowest BCUT2D eigenvalue weighted by atomic mass is 10.3. The molecule has 160 valence electrons. The van der Waals surface area contributed by atoms with Gasteiger partial charge in [0.2, 0.25) is 4.80 Å². The largest absolute Gasteiger partial charge is 0.465 e. The maximum Gasteiger partial charge on any atom is 0.326 e. The van der Waals surface area contributed by atoms with Crippen LogP contribution in [-0.4, -0.2) is 40.2 Å². The summed E-state index contributed by atoms with van der Waals surface area (Å²) in [4.78, 5) is 11.8. The summed E-state index contributed by atoms with van der Waals surface area (Å²) in [6.07, 6.45) is 1.05. The van der Waals surface area contributed by atoms with Gasteiger partial charge in [-0.3, -0.25) is 4.79 Å². The topological polar surface area (TPSA) is 112 Å². The van der Waals surface area contributed by atoms with Crippen molar-refractivity contribution in [2.45, 2.75) is 23.3 Å². The van der Waals surface area contributed by atoms with E-state index in [1.54, 1.807) is 6.92 Å². The summed E-state index contributed by atoms with van der Waals surface area (Å²) >= 11 is 0.910. The summed E-state index contributed by atoms with van der Waals surface area (Å²) in [5.74, 6) is -1.20. The molecule has 1 aromatic heterocycles. The number of ether oxygens (including phenoxy) is 1.